The quantitative estimate of drug-likeness (QED) is 0.368. The second kappa shape index (κ2) is 7.34. The van der Waals surface area contributed by atoms with E-state index in [0.29, 0.717) is 0 Å². The van der Waals surface area contributed by atoms with E-state index in [-0.39, 0.29) is 12.8 Å². The largest absolute Gasteiger partial charge is 0.290 e. The fourth-order valence-electron chi connectivity index (χ4n) is 0.860. The summed E-state index contributed by atoms with van der Waals surface area (Å²) in [5, 5.41) is 0. The number of hydrogen-bond donors (Lipinski definition) is 2. The predicted molar refractivity (Wildman–Crippen MR) is 51.6 cm³/mol. The van der Waals surface area contributed by atoms with E-state index >= 15 is 0 Å². The molecule has 1 aliphatic carbocycles. The van der Waals surface area contributed by atoms with Gasteiger partial charge in [0.1, 0.15) is 0 Å². The molecular formula is C9H16N2O3. The highest BCUT2D eigenvalue weighted by Gasteiger charge is 2.29. The zero-order valence-electron chi connectivity index (χ0n) is 8.55. The van der Waals surface area contributed by atoms with Crippen LogP contribution in [0.25, 0.3) is 0 Å². The summed E-state index contributed by atoms with van der Waals surface area (Å²) < 4.78 is 0. The minimum atomic E-state index is -0.815. The topological polar surface area (TPSA) is 75.3 Å². The summed E-state index contributed by atoms with van der Waals surface area (Å²) in [6.07, 6.45) is 0.245. The third kappa shape index (κ3) is 4.84. The van der Waals surface area contributed by atoms with Gasteiger partial charge in [0.15, 0.2) is 0 Å². The van der Waals surface area contributed by atoms with Crippen LogP contribution in [0.2, 0.25) is 0 Å². The Morgan fingerprint density at radius 3 is 1.43 bits per heavy atom. The van der Waals surface area contributed by atoms with Gasteiger partial charge in [0, 0.05) is 25.9 Å². The molecule has 0 unspecified atom stereocenters. The van der Waals surface area contributed by atoms with Gasteiger partial charge in [-0.3, -0.25) is 25.2 Å². The maximum Gasteiger partial charge on any atom is 0.264 e. The molecule has 0 aromatic heterocycles. The van der Waals surface area contributed by atoms with E-state index in [1.807, 2.05) is 0 Å². The number of Topliss-reactive ketones (excluding diaryl/α,β-unsaturated/α-hetero) is 3. The molecule has 0 atom stereocenters. The highest BCUT2D eigenvalue weighted by atomic mass is 16.2. The van der Waals surface area contributed by atoms with E-state index in [4.69, 9.17) is 0 Å². The highest BCUT2D eigenvalue weighted by Crippen LogP contribution is 2.04. The Labute approximate surface area is 83.2 Å². The Morgan fingerprint density at radius 1 is 0.929 bits per heavy atom. The molecule has 0 amide bonds. The van der Waals surface area contributed by atoms with Crippen LogP contribution in [-0.2, 0) is 14.4 Å². The van der Waals surface area contributed by atoms with Gasteiger partial charge < -0.3 is 0 Å². The fourth-order valence-corrected chi connectivity index (χ4v) is 0.860. The number of rotatable bonds is 3. The molecule has 0 aromatic carbocycles. The molecule has 2 N–H and O–H groups in total. The lowest BCUT2D eigenvalue weighted by molar-refractivity contribution is -0.140. The van der Waals surface area contributed by atoms with Crippen molar-refractivity contribution in [3.63, 3.8) is 0 Å². The van der Waals surface area contributed by atoms with Crippen LogP contribution >= 0.6 is 0 Å². The average molecular weight is 200 g/mol. The lowest BCUT2D eigenvalue weighted by Gasteiger charge is -1.95. The van der Waals surface area contributed by atoms with Crippen LogP contribution < -0.4 is 10.9 Å². The first-order valence-corrected chi connectivity index (χ1v) is 4.69. The van der Waals surface area contributed by atoms with Crippen LogP contribution in [0.15, 0.2) is 0 Å². The van der Waals surface area contributed by atoms with Crippen molar-refractivity contribution < 1.29 is 14.4 Å². The zero-order chi connectivity index (χ0) is 11.0. The Bertz CT molecular complexity index is 204. The third-order valence-corrected chi connectivity index (χ3v) is 1.56. The first kappa shape index (κ1) is 12.9. The molecule has 1 rings (SSSR count). The SMILES string of the molecule is CCNNCC.O=C1CCC(=O)C1=O. The van der Waals surface area contributed by atoms with Crippen LogP contribution in [-0.4, -0.2) is 30.4 Å². The standard InChI is InChI=1S/C5H4O3.C4H12N2/c6-3-1-2-4(7)5(3)8;1-3-5-6-4-2/h1-2H2;5-6H,3-4H2,1-2H3. The van der Waals surface area contributed by atoms with Gasteiger partial charge >= 0.3 is 0 Å². The van der Waals surface area contributed by atoms with Gasteiger partial charge in [-0.05, 0) is 0 Å². The van der Waals surface area contributed by atoms with Crippen molar-refractivity contribution in [3.05, 3.63) is 0 Å². The number of carbonyl (C=O) groups excluding carboxylic acids is 3. The van der Waals surface area contributed by atoms with Gasteiger partial charge in [-0.25, -0.2) is 0 Å². The molecular weight excluding hydrogens is 184 g/mol. The van der Waals surface area contributed by atoms with Gasteiger partial charge in [-0.1, -0.05) is 13.8 Å². The molecule has 0 aromatic rings. The second-order valence-electron chi connectivity index (χ2n) is 2.74. The van der Waals surface area contributed by atoms with Gasteiger partial charge in [0.25, 0.3) is 5.78 Å². The van der Waals surface area contributed by atoms with Crippen LogP contribution in [0, 0.1) is 0 Å². The van der Waals surface area contributed by atoms with E-state index in [1.165, 1.54) is 0 Å². The Balaban J connectivity index is 0.000000255. The van der Waals surface area contributed by atoms with Crippen molar-refractivity contribution in [1.29, 1.82) is 0 Å². The summed E-state index contributed by atoms with van der Waals surface area (Å²) in [6.45, 7) is 6.10. The van der Waals surface area contributed by atoms with E-state index < -0.39 is 17.3 Å². The maximum absolute atomic E-state index is 10.2. The molecule has 5 heteroatoms. The first-order valence-electron chi connectivity index (χ1n) is 4.69. The van der Waals surface area contributed by atoms with Gasteiger partial charge in [0.05, 0.1) is 0 Å². The fraction of sp³-hybridized carbons (Fsp3) is 0.667. The number of ketones is 3. The Hall–Kier alpha value is -1.07. The van der Waals surface area contributed by atoms with Gasteiger partial charge in [0.2, 0.25) is 11.6 Å². The van der Waals surface area contributed by atoms with Crippen LogP contribution in [0.3, 0.4) is 0 Å². The van der Waals surface area contributed by atoms with E-state index in [9.17, 15) is 14.4 Å². The van der Waals surface area contributed by atoms with E-state index in [0.717, 1.165) is 13.1 Å². The monoisotopic (exact) mass is 200 g/mol. The smallest absolute Gasteiger partial charge is 0.264 e. The number of hydrazine groups is 1. The third-order valence-electron chi connectivity index (χ3n) is 1.56. The minimum absolute atomic E-state index is 0.123. The molecule has 0 aliphatic heterocycles. The number of hydrogen-bond acceptors (Lipinski definition) is 5. The summed E-state index contributed by atoms with van der Waals surface area (Å²) in [6, 6.07) is 0. The average Bonchev–Trinajstić information content (AvgIpc) is 2.47. The van der Waals surface area contributed by atoms with Crippen LogP contribution in [0.1, 0.15) is 26.7 Å². The van der Waals surface area contributed by atoms with E-state index in [1.54, 1.807) is 0 Å². The highest BCUT2D eigenvalue weighted by molar-refractivity contribution is 6.67. The molecule has 0 bridgehead atoms. The van der Waals surface area contributed by atoms with Crippen molar-refractivity contribution in [2.75, 3.05) is 13.1 Å². The summed E-state index contributed by atoms with van der Waals surface area (Å²) in [5.74, 6) is -1.88. The Morgan fingerprint density at radius 2 is 1.29 bits per heavy atom. The Kier molecular flexibility index (Phi) is 6.78. The van der Waals surface area contributed by atoms with Crippen molar-refractivity contribution in [1.82, 2.24) is 10.9 Å². The molecule has 80 valence electrons. The van der Waals surface area contributed by atoms with Crippen molar-refractivity contribution in [3.8, 4) is 0 Å². The van der Waals surface area contributed by atoms with Crippen LogP contribution in [0.4, 0.5) is 0 Å². The molecule has 1 aliphatic rings. The number of carbonyl (C=O) groups is 3. The molecule has 0 saturated heterocycles. The molecule has 1 saturated carbocycles. The second-order valence-corrected chi connectivity index (χ2v) is 2.74. The summed E-state index contributed by atoms with van der Waals surface area (Å²) in [7, 11) is 0. The molecule has 0 spiro atoms. The summed E-state index contributed by atoms with van der Waals surface area (Å²) in [5.41, 5.74) is 5.90. The molecule has 1 fully saturated rings. The van der Waals surface area contributed by atoms with E-state index in [2.05, 4.69) is 24.7 Å². The van der Waals surface area contributed by atoms with Crippen molar-refractivity contribution >= 4 is 17.3 Å². The molecule has 5 nitrogen and oxygen atoms in total. The first-order chi connectivity index (χ1) is 6.63. The summed E-state index contributed by atoms with van der Waals surface area (Å²) in [4.78, 5) is 30.6. The number of nitrogens with one attached hydrogen (secondary N) is 2. The predicted octanol–water partition coefficient (Wildman–Crippen LogP) is -0.392. The molecule has 0 radical (unpaired) electrons. The van der Waals surface area contributed by atoms with Crippen molar-refractivity contribution in [2.24, 2.45) is 0 Å². The summed E-state index contributed by atoms with van der Waals surface area (Å²) >= 11 is 0. The van der Waals surface area contributed by atoms with Crippen LogP contribution in [0.5, 0.6) is 0 Å². The normalized spacial score (nSPS) is 15.4. The van der Waals surface area contributed by atoms with Crippen molar-refractivity contribution in [2.45, 2.75) is 26.7 Å². The lowest BCUT2D eigenvalue weighted by Crippen LogP contribution is -2.30. The molecule has 0 heterocycles. The van der Waals surface area contributed by atoms with Gasteiger partial charge in [-0.2, -0.15) is 0 Å². The van der Waals surface area contributed by atoms with Gasteiger partial charge in [-0.15, -0.1) is 0 Å². The zero-order valence-corrected chi connectivity index (χ0v) is 8.55. The lowest BCUT2D eigenvalue weighted by atomic mass is 10.3. The minimum Gasteiger partial charge on any atom is -0.290 e. The molecule has 14 heavy (non-hydrogen) atoms. The maximum atomic E-state index is 10.2.